The highest BCUT2D eigenvalue weighted by molar-refractivity contribution is 6.30. The average Bonchev–Trinajstić information content (AvgIpc) is 3.49. The molecule has 2 fully saturated rings. The van der Waals surface area contributed by atoms with Gasteiger partial charge in [0.25, 0.3) is 5.91 Å². The maximum absolute atomic E-state index is 12.5. The molecule has 2 aromatic rings. The lowest BCUT2D eigenvalue weighted by atomic mass is 10.1. The first-order valence-corrected chi connectivity index (χ1v) is 8.95. The molecule has 2 aliphatic rings. The van der Waals surface area contributed by atoms with Gasteiger partial charge in [0.1, 0.15) is 0 Å². The zero-order valence-corrected chi connectivity index (χ0v) is 14.4. The van der Waals surface area contributed by atoms with E-state index >= 15 is 0 Å². The number of nitrogens with one attached hydrogen (secondary N) is 2. The first kappa shape index (κ1) is 16.2. The molecule has 4 nitrogen and oxygen atoms in total. The predicted molar refractivity (Wildman–Crippen MR) is 97.9 cm³/mol. The van der Waals surface area contributed by atoms with Gasteiger partial charge in [-0.1, -0.05) is 29.8 Å². The third kappa shape index (κ3) is 3.85. The van der Waals surface area contributed by atoms with Crippen molar-refractivity contribution in [1.82, 2.24) is 5.32 Å². The van der Waals surface area contributed by atoms with E-state index in [9.17, 15) is 9.59 Å². The summed E-state index contributed by atoms with van der Waals surface area (Å²) in [6.45, 7) is 0. The summed E-state index contributed by atoms with van der Waals surface area (Å²) in [7, 11) is 0. The minimum Gasteiger partial charge on any atom is -0.349 e. The van der Waals surface area contributed by atoms with Gasteiger partial charge in [-0.3, -0.25) is 9.59 Å². The number of hydrogen-bond donors (Lipinski definition) is 2. The lowest BCUT2D eigenvalue weighted by Gasteiger charge is -2.08. The fraction of sp³-hybridized carbons (Fsp3) is 0.300. The number of amides is 2. The molecule has 2 aliphatic carbocycles. The van der Waals surface area contributed by atoms with Gasteiger partial charge in [-0.25, -0.2) is 0 Å². The van der Waals surface area contributed by atoms with Gasteiger partial charge in [-0.15, -0.1) is 0 Å². The number of anilines is 1. The summed E-state index contributed by atoms with van der Waals surface area (Å²) < 4.78 is 0. The number of hydrogen-bond acceptors (Lipinski definition) is 2. The second kappa shape index (κ2) is 6.52. The van der Waals surface area contributed by atoms with Crippen LogP contribution in [0.4, 0.5) is 5.69 Å². The summed E-state index contributed by atoms with van der Waals surface area (Å²) in [5, 5.41) is 6.58. The van der Waals surface area contributed by atoms with Gasteiger partial charge in [-0.2, -0.15) is 0 Å². The summed E-state index contributed by atoms with van der Waals surface area (Å²) >= 11 is 6.02. The van der Waals surface area contributed by atoms with Crippen LogP contribution in [0.2, 0.25) is 5.02 Å². The summed E-state index contributed by atoms with van der Waals surface area (Å²) in [4.78, 5) is 24.6. The van der Waals surface area contributed by atoms with Crippen LogP contribution in [-0.2, 0) is 4.79 Å². The van der Waals surface area contributed by atoms with Crippen molar-refractivity contribution in [1.29, 1.82) is 0 Å². The molecule has 2 N–H and O–H groups in total. The Labute approximate surface area is 151 Å². The van der Waals surface area contributed by atoms with E-state index < -0.39 is 0 Å². The van der Waals surface area contributed by atoms with Crippen LogP contribution in [0, 0.1) is 5.92 Å². The minimum absolute atomic E-state index is 0.00951. The highest BCUT2D eigenvalue weighted by Crippen LogP contribution is 2.48. The largest absolute Gasteiger partial charge is 0.349 e. The topological polar surface area (TPSA) is 58.2 Å². The fourth-order valence-corrected chi connectivity index (χ4v) is 3.26. The Bertz CT molecular complexity index is 832. The van der Waals surface area contributed by atoms with Crippen LogP contribution in [0.3, 0.4) is 0 Å². The smallest absolute Gasteiger partial charge is 0.251 e. The molecular weight excluding hydrogens is 336 g/mol. The highest BCUT2D eigenvalue weighted by atomic mass is 35.5. The van der Waals surface area contributed by atoms with E-state index in [1.165, 1.54) is 0 Å². The molecule has 0 heterocycles. The molecule has 0 spiro atoms. The van der Waals surface area contributed by atoms with Crippen LogP contribution < -0.4 is 10.6 Å². The van der Waals surface area contributed by atoms with Crippen molar-refractivity contribution >= 4 is 29.1 Å². The van der Waals surface area contributed by atoms with Crippen molar-refractivity contribution in [2.24, 2.45) is 5.92 Å². The number of benzene rings is 2. The molecule has 2 saturated carbocycles. The molecule has 128 valence electrons. The number of rotatable bonds is 5. The Hall–Kier alpha value is -2.33. The van der Waals surface area contributed by atoms with E-state index in [0.29, 0.717) is 22.3 Å². The van der Waals surface area contributed by atoms with Crippen molar-refractivity contribution in [3.63, 3.8) is 0 Å². The Morgan fingerprint density at radius 3 is 2.60 bits per heavy atom. The van der Waals surface area contributed by atoms with Crippen LogP contribution in [-0.4, -0.2) is 17.9 Å². The lowest BCUT2D eigenvalue weighted by molar-refractivity contribution is -0.117. The Kier molecular flexibility index (Phi) is 4.22. The molecular formula is C20H19ClN2O2. The third-order valence-corrected chi connectivity index (χ3v) is 4.94. The SMILES string of the molecule is O=C(NC1CC1)c1cccc(NC(=O)C2CC2c2cccc(Cl)c2)c1. The average molecular weight is 355 g/mol. The lowest BCUT2D eigenvalue weighted by Crippen LogP contribution is -2.25. The molecule has 0 aromatic heterocycles. The molecule has 2 atom stereocenters. The Morgan fingerprint density at radius 1 is 1.04 bits per heavy atom. The standard InChI is InChI=1S/C20H19ClN2O2/c21-14-5-1-3-12(9-14)17-11-18(17)20(25)23-16-6-2-4-13(10-16)19(24)22-15-7-8-15/h1-6,9-10,15,17-18H,7-8,11H2,(H,22,24)(H,23,25). The molecule has 25 heavy (non-hydrogen) atoms. The highest BCUT2D eigenvalue weighted by Gasteiger charge is 2.44. The monoisotopic (exact) mass is 354 g/mol. The molecule has 4 rings (SSSR count). The van der Waals surface area contributed by atoms with Gasteiger partial charge in [-0.05, 0) is 61.1 Å². The van der Waals surface area contributed by atoms with E-state index in [1.54, 1.807) is 18.2 Å². The quantitative estimate of drug-likeness (QED) is 0.853. The molecule has 2 amide bonds. The molecule has 2 aromatic carbocycles. The van der Waals surface area contributed by atoms with Crippen molar-refractivity contribution < 1.29 is 9.59 Å². The summed E-state index contributed by atoms with van der Waals surface area (Å²) in [5.74, 6) is 0.0917. The zero-order valence-electron chi connectivity index (χ0n) is 13.7. The van der Waals surface area contributed by atoms with Gasteiger partial charge in [0.15, 0.2) is 0 Å². The second-order valence-corrected chi connectivity index (χ2v) is 7.26. The van der Waals surface area contributed by atoms with Gasteiger partial charge in [0.2, 0.25) is 5.91 Å². The van der Waals surface area contributed by atoms with E-state index in [1.807, 2.05) is 30.3 Å². The van der Waals surface area contributed by atoms with E-state index in [2.05, 4.69) is 10.6 Å². The molecule has 0 bridgehead atoms. The van der Waals surface area contributed by atoms with Gasteiger partial charge in [0, 0.05) is 28.2 Å². The summed E-state index contributed by atoms with van der Waals surface area (Å²) in [6, 6.07) is 15.1. The van der Waals surface area contributed by atoms with E-state index in [0.717, 1.165) is 24.8 Å². The first-order chi connectivity index (χ1) is 12.1. The van der Waals surface area contributed by atoms with Crippen LogP contribution in [0.5, 0.6) is 0 Å². The maximum Gasteiger partial charge on any atom is 0.251 e. The minimum atomic E-state index is -0.0816. The molecule has 2 unspecified atom stereocenters. The second-order valence-electron chi connectivity index (χ2n) is 6.82. The van der Waals surface area contributed by atoms with Gasteiger partial charge in [0.05, 0.1) is 0 Å². The van der Waals surface area contributed by atoms with E-state index in [4.69, 9.17) is 11.6 Å². The van der Waals surface area contributed by atoms with Crippen LogP contribution in [0.25, 0.3) is 0 Å². The fourth-order valence-electron chi connectivity index (χ4n) is 3.06. The van der Waals surface area contributed by atoms with Crippen molar-refractivity contribution in [2.45, 2.75) is 31.2 Å². The first-order valence-electron chi connectivity index (χ1n) is 8.57. The van der Waals surface area contributed by atoms with Crippen molar-refractivity contribution in [3.8, 4) is 0 Å². The van der Waals surface area contributed by atoms with Crippen molar-refractivity contribution in [2.75, 3.05) is 5.32 Å². The predicted octanol–water partition coefficient (Wildman–Crippen LogP) is 3.97. The number of carbonyl (C=O) groups is 2. The molecule has 0 saturated heterocycles. The number of carbonyl (C=O) groups excluding carboxylic acids is 2. The number of halogens is 1. The zero-order chi connectivity index (χ0) is 17.4. The summed E-state index contributed by atoms with van der Waals surface area (Å²) in [5.41, 5.74) is 2.34. The Balaban J connectivity index is 1.39. The van der Waals surface area contributed by atoms with Crippen molar-refractivity contribution in [3.05, 3.63) is 64.7 Å². The Morgan fingerprint density at radius 2 is 1.84 bits per heavy atom. The van der Waals surface area contributed by atoms with E-state index in [-0.39, 0.29) is 23.7 Å². The summed E-state index contributed by atoms with van der Waals surface area (Å²) in [6.07, 6.45) is 2.93. The van der Waals surface area contributed by atoms with Crippen LogP contribution >= 0.6 is 11.6 Å². The van der Waals surface area contributed by atoms with Gasteiger partial charge < -0.3 is 10.6 Å². The van der Waals surface area contributed by atoms with Crippen LogP contribution in [0.15, 0.2) is 48.5 Å². The van der Waals surface area contributed by atoms with Gasteiger partial charge >= 0.3 is 0 Å². The maximum atomic E-state index is 12.5. The van der Waals surface area contributed by atoms with Crippen LogP contribution in [0.1, 0.15) is 41.1 Å². The normalized spacial score (nSPS) is 21.5. The molecule has 0 aliphatic heterocycles. The molecule has 0 radical (unpaired) electrons. The third-order valence-electron chi connectivity index (χ3n) is 4.71. The molecule has 5 heteroatoms.